The Morgan fingerprint density at radius 2 is 1.42 bits per heavy atom. The number of hydrogen-bond acceptors (Lipinski definition) is 2. The van der Waals surface area contributed by atoms with E-state index in [1.54, 1.807) is 0 Å². The topological polar surface area (TPSA) is 32.3 Å². The molecule has 0 saturated carbocycles. The standard InChI is InChI=1S/C17H37NO/c1-5-7-9-11-16(12-10-8-6-2)18-14-17(19)13-15(3)4/h15-19H,5-14H2,1-4H3. The molecule has 0 aromatic rings. The van der Waals surface area contributed by atoms with Crippen LogP contribution in [0.5, 0.6) is 0 Å². The quantitative estimate of drug-likeness (QED) is 0.483. The minimum atomic E-state index is -0.181. The molecule has 2 heteroatoms. The van der Waals surface area contributed by atoms with Crippen LogP contribution in [-0.4, -0.2) is 23.8 Å². The van der Waals surface area contributed by atoms with Crippen molar-refractivity contribution < 1.29 is 5.11 Å². The molecule has 2 nitrogen and oxygen atoms in total. The molecule has 0 saturated heterocycles. The van der Waals surface area contributed by atoms with E-state index < -0.39 is 0 Å². The summed E-state index contributed by atoms with van der Waals surface area (Å²) < 4.78 is 0. The molecular weight excluding hydrogens is 234 g/mol. The first-order valence-electron chi connectivity index (χ1n) is 8.51. The SMILES string of the molecule is CCCCCC(CCCCC)NCC(O)CC(C)C. The molecular formula is C17H37NO. The minimum Gasteiger partial charge on any atom is -0.392 e. The Kier molecular flexibility index (Phi) is 12.9. The first-order valence-corrected chi connectivity index (χ1v) is 8.51. The van der Waals surface area contributed by atoms with Gasteiger partial charge in [0.25, 0.3) is 0 Å². The summed E-state index contributed by atoms with van der Waals surface area (Å²) in [5.41, 5.74) is 0. The molecule has 0 fully saturated rings. The number of rotatable bonds is 13. The normalized spacial score (nSPS) is 13.4. The zero-order valence-electron chi connectivity index (χ0n) is 13.8. The first kappa shape index (κ1) is 18.9. The fourth-order valence-corrected chi connectivity index (χ4v) is 2.56. The predicted molar refractivity (Wildman–Crippen MR) is 85.5 cm³/mol. The summed E-state index contributed by atoms with van der Waals surface area (Å²) >= 11 is 0. The Labute approximate surface area is 121 Å². The van der Waals surface area contributed by atoms with Crippen LogP contribution in [0.4, 0.5) is 0 Å². The number of aliphatic hydroxyl groups excluding tert-OH is 1. The van der Waals surface area contributed by atoms with Crippen LogP contribution < -0.4 is 5.32 Å². The summed E-state index contributed by atoms with van der Waals surface area (Å²) in [6.45, 7) is 9.62. The minimum absolute atomic E-state index is 0.181. The van der Waals surface area contributed by atoms with Gasteiger partial charge in [0, 0.05) is 12.6 Å². The summed E-state index contributed by atoms with van der Waals surface area (Å²) in [6, 6.07) is 0.611. The van der Waals surface area contributed by atoms with Crippen LogP contribution in [0, 0.1) is 5.92 Å². The number of nitrogens with one attached hydrogen (secondary N) is 1. The van der Waals surface area contributed by atoms with Gasteiger partial charge in [-0.1, -0.05) is 66.2 Å². The van der Waals surface area contributed by atoms with Crippen molar-refractivity contribution in [2.45, 2.75) is 97.6 Å². The van der Waals surface area contributed by atoms with Gasteiger partial charge in [-0.15, -0.1) is 0 Å². The summed E-state index contributed by atoms with van der Waals surface area (Å²) in [7, 11) is 0. The average Bonchev–Trinajstić information content (AvgIpc) is 2.35. The summed E-state index contributed by atoms with van der Waals surface area (Å²) in [5, 5.41) is 13.5. The number of unbranched alkanes of at least 4 members (excludes halogenated alkanes) is 4. The van der Waals surface area contributed by atoms with Gasteiger partial charge in [0.2, 0.25) is 0 Å². The van der Waals surface area contributed by atoms with Crippen molar-refractivity contribution in [2.24, 2.45) is 5.92 Å². The van der Waals surface area contributed by atoms with Gasteiger partial charge in [0.1, 0.15) is 0 Å². The fraction of sp³-hybridized carbons (Fsp3) is 1.00. The van der Waals surface area contributed by atoms with Gasteiger partial charge in [0.15, 0.2) is 0 Å². The van der Waals surface area contributed by atoms with Gasteiger partial charge in [-0.05, 0) is 25.2 Å². The molecule has 0 bridgehead atoms. The maximum absolute atomic E-state index is 9.95. The average molecular weight is 271 g/mol. The van der Waals surface area contributed by atoms with Gasteiger partial charge in [-0.3, -0.25) is 0 Å². The third kappa shape index (κ3) is 12.7. The van der Waals surface area contributed by atoms with E-state index in [-0.39, 0.29) is 6.10 Å². The molecule has 0 aliphatic heterocycles. The highest BCUT2D eigenvalue weighted by Gasteiger charge is 2.11. The van der Waals surface area contributed by atoms with Gasteiger partial charge >= 0.3 is 0 Å². The highest BCUT2D eigenvalue weighted by Crippen LogP contribution is 2.12. The highest BCUT2D eigenvalue weighted by atomic mass is 16.3. The maximum Gasteiger partial charge on any atom is 0.0667 e. The van der Waals surface area contributed by atoms with Gasteiger partial charge in [-0.25, -0.2) is 0 Å². The van der Waals surface area contributed by atoms with E-state index in [4.69, 9.17) is 0 Å². The molecule has 2 N–H and O–H groups in total. The zero-order valence-corrected chi connectivity index (χ0v) is 13.8. The predicted octanol–water partition coefficient (Wildman–Crippen LogP) is 4.51. The van der Waals surface area contributed by atoms with Crippen LogP contribution in [0.15, 0.2) is 0 Å². The third-order valence-electron chi connectivity index (χ3n) is 3.70. The van der Waals surface area contributed by atoms with Crippen molar-refractivity contribution in [3.05, 3.63) is 0 Å². The Bertz CT molecular complexity index is 172. The van der Waals surface area contributed by atoms with Gasteiger partial charge in [-0.2, -0.15) is 0 Å². The summed E-state index contributed by atoms with van der Waals surface area (Å²) in [6.07, 6.45) is 11.2. The Morgan fingerprint density at radius 1 is 0.895 bits per heavy atom. The highest BCUT2D eigenvalue weighted by molar-refractivity contribution is 4.70. The van der Waals surface area contributed by atoms with Crippen LogP contribution >= 0.6 is 0 Å². The van der Waals surface area contributed by atoms with Crippen molar-refractivity contribution in [1.29, 1.82) is 0 Å². The smallest absolute Gasteiger partial charge is 0.0667 e. The lowest BCUT2D eigenvalue weighted by Crippen LogP contribution is -2.36. The van der Waals surface area contributed by atoms with Crippen molar-refractivity contribution in [3.63, 3.8) is 0 Å². The second-order valence-corrected chi connectivity index (χ2v) is 6.38. The molecule has 0 aromatic heterocycles. The Morgan fingerprint density at radius 3 is 1.84 bits per heavy atom. The lowest BCUT2D eigenvalue weighted by Gasteiger charge is -2.21. The van der Waals surface area contributed by atoms with Crippen molar-refractivity contribution in [3.8, 4) is 0 Å². The van der Waals surface area contributed by atoms with Crippen LogP contribution in [0.2, 0.25) is 0 Å². The van der Waals surface area contributed by atoms with Gasteiger partial charge in [0.05, 0.1) is 6.10 Å². The van der Waals surface area contributed by atoms with E-state index in [1.165, 1.54) is 51.4 Å². The molecule has 1 unspecified atom stereocenters. The van der Waals surface area contributed by atoms with Crippen molar-refractivity contribution >= 4 is 0 Å². The second kappa shape index (κ2) is 12.9. The van der Waals surface area contributed by atoms with E-state index in [0.717, 1.165) is 13.0 Å². The van der Waals surface area contributed by atoms with Crippen LogP contribution in [-0.2, 0) is 0 Å². The lowest BCUT2D eigenvalue weighted by molar-refractivity contribution is 0.140. The van der Waals surface area contributed by atoms with E-state index in [2.05, 4.69) is 33.0 Å². The van der Waals surface area contributed by atoms with Crippen molar-refractivity contribution in [2.75, 3.05) is 6.54 Å². The molecule has 0 aliphatic carbocycles. The molecule has 1 atom stereocenters. The largest absolute Gasteiger partial charge is 0.392 e. The van der Waals surface area contributed by atoms with E-state index in [0.29, 0.717) is 12.0 Å². The number of hydrogen-bond donors (Lipinski definition) is 2. The molecule has 0 heterocycles. The van der Waals surface area contributed by atoms with Crippen LogP contribution in [0.1, 0.15) is 85.5 Å². The monoisotopic (exact) mass is 271 g/mol. The lowest BCUT2D eigenvalue weighted by atomic mass is 10.0. The molecule has 0 aromatic carbocycles. The van der Waals surface area contributed by atoms with E-state index in [9.17, 15) is 5.11 Å². The van der Waals surface area contributed by atoms with Gasteiger partial charge < -0.3 is 10.4 Å². The summed E-state index contributed by atoms with van der Waals surface area (Å²) in [5.74, 6) is 0.579. The molecule has 0 radical (unpaired) electrons. The second-order valence-electron chi connectivity index (χ2n) is 6.38. The Balaban J connectivity index is 3.87. The molecule has 0 spiro atoms. The Hall–Kier alpha value is -0.0800. The summed E-state index contributed by atoms with van der Waals surface area (Å²) in [4.78, 5) is 0. The maximum atomic E-state index is 9.95. The third-order valence-corrected chi connectivity index (χ3v) is 3.70. The molecule has 0 aliphatic rings. The fourth-order valence-electron chi connectivity index (χ4n) is 2.56. The molecule has 0 amide bonds. The molecule has 116 valence electrons. The van der Waals surface area contributed by atoms with Crippen LogP contribution in [0.3, 0.4) is 0 Å². The van der Waals surface area contributed by atoms with Crippen LogP contribution in [0.25, 0.3) is 0 Å². The van der Waals surface area contributed by atoms with Crippen molar-refractivity contribution in [1.82, 2.24) is 5.32 Å². The molecule has 19 heavy (non-hydrogen) atoms. The first-order chi connectivity index (χ1) is 9.10. The zero-order chi connectivity index (χ0) is 14.5. The van der Waals surface area contributed by atoms with E-state index in [1.807, 2.05) is 0 Å². The molecule has 0 rings (SSSR count). The van der Waals surface area contributed by atoms with E-state index >= 15 is 0 Å². The number of aliphatic hydroxyl groups is 1.